The van der Waals surface area contributed by atoms with Crippen molar-refractivity contribution in [1.82, 2.24) is 9.80 Å². The first-order valence-corrected chi connectivity index (χ1v) is 9.04. The van der Waals surface area contributed by atoms with E-state index >= 15 is 0 Å². The van der Waals surface area contributed by atoms with E-state index < -0.39 is 0 Å². The normalized spacial score (nSPS) is 15.1. The molecule has 27 heavy (non-hydrogen) atoms. The molecule has 0 spiro atoms. The molecule has 1 fully saturated rings. The van der Waals surface area contributed by atoms with Gasteiger partial charge in [-0.05, 0) is 30.7 Å². The van der Waals surface area contributed by atoms with E-state index in [0.717, 1.165) is 18.7 Å². The van der Waals surface area contributed by atoms with Gasteiger partial charge in [-0.2, -0.15) is 0 Å². The summed E-state index contributed by atoms with van der Waals surface area (Å²) in [7, 11) is 3.22. The third-order valence-corrected chi connectivity index (χ3v) is 4.59. The Bertz CT molecular complexity index is 662. The van der Waals surface area contributed by atoms with E-state index in [1.165, 1.54) is 14.0 Å². The van der Waals surface area contributed by atoms with Crippen LogP contribution < -0.4 is 10.2 Å². The molecule has 0 aliphatic carbocycles. The van der Waals surface area contributed by atoms with Crippen LogP contribution in [0.3, 0.4) is 0 Å². The number of carbonyl (C=O) groups excluding carboxylic acids is 3. The van der Waals surface area contributed by atoms with Gasteiger partial charge < -0.3 is 19.9 Å². The van der Waals surface area contributed by atoms with Crippen molar-refractivity contribution in [2.75, 3.05) is 63.7 Å². The van der Waals surface area contributed by atoms with E-state index in [1.807, 2.05) is 4.90 Å². The second-order valence-electron chi connectivity index (χ2n) is 6.62. The Morgan fingerprint density at radius 1 is 1.11 bits per heavy atom. The lowest BCUT2D eigenvalue weighted by Crippen LogP contribution is -2.39. The molecule has 1 aliphatic rings. The molecule has 1 aromatic rings. The van der Waals surface area contributed by atoms with Gasteiger partial charge in [0.15, 0.2) is 0 Å². The molecule has 3 amide bonds. The molecule has 2 rings (SSSR count). The van der Waals surface area contributed by atoms with Gasteiger partial charge in [0.2, 0.25) is 17.7 Å². The topological polar surface area (TPSA) is 82.2 Å². The fourth-order valence-electron chi connectivity index (χ4n) is 2.95. The second kappa shape index (κ2) is 10.0. The highest BCUT2D eigenvalue weighted by Crippen LogP contribution is 2.17. The van der Waals surface area contributed by atoms with Gasteiger partial charge in [0, 0.05) is 58.6 Å². The quantitative estimate of drug-likeness (QED) is 0.794. The molecule has 1 heterocycles. The van der Waals surface area contributed by atoms with E-state index in [4.69, 9.17) is 4.74 Å². The van der Waals surface area contributed by atoms with Crippen LogP contribution in [0.2, 0.25) is 0 Å². The highest BCUT2D eigenvalue weighted by atomic mass is 16.5. The lowest BCUT2D eigenvalue weighted by atomic mass is 10.2. The van der Waals surface area contributed by atoms with Crippen molar-refractivity contribution in [3.8, 4) is 0 Å². The third kappa shape index (κ3) is 6.33. The average Bonchev–Trinajstić information content (AvgIpc) is 2.87. The summed E-state index contributed by atoms with van der Waals surface area (Å²) in [5.74, 6) is -0.162. The van der Waals surface area contributed by atoms with Crippen molar-refractivity contribution in [3.63, 3.8) is 0 Å². The Morgan fingerprint density at radius 2 is 1.81 bits per heavy atom. The first kappa shape index (κ1) is 20.9. The van der Waals surface area contributed by atoms with E-state index in [9.17, 15) is 14.4 Å². The maximum absolute atomic E-state index is 12.3. The molecular weight excluding hydrogens is 348 g/mol. The molecule has 8 heteroatoms. The molecule has 0 aromatic heterocycles. The van der Waals surface area contributed by atoms with Crippen LogP contribution >= 0.6 is 0 Å². The van der Waals surface area contributed by atoms with E-state index in [0.29, 0.717) is 25.3 Å². The lowest BCUT2D eigenvalue weighted by Gasteiger charge is -2.21. The molecule has 0 bridgehead atoms. The lowest BCUT2D eigenvalue weighted by molar-refractivity contribution is -0.135. The molecule has 148 valence electrons. The molecule has 0 saturated carbocycles. The standard InChI is InChI=1S/C19H28N4O4/c1-15(24)21(2)17-7-5-16(6-8-17)20-18(25)13-22-9-4-10-23(12-11-22)19(26)14-27-3/h5-8H,4,9-14H2,1-3H3,(H,20,25). The molecule has 1 saturated heterocycles. The number of nitrogens with zero attached hydrogens (tertiary/aromatic N) is 3. The predicted molar refractivity (Wildman–Crippen MR) is 104 cm³/mol. The van der Waals surface area contributed by atoms with Crippen LogP contribution in [0.4, 0.5) is 11.4 Å². The number of nitrogens with one attached hydrogen (secondary N) is 1. The molecule has 8 nitrogen and oxygen atoms in total. The van der Waals surface area contributed by atoms with Gasteiger partial charge in [0.05, 0.1) is 6.54 Å². The van der Waals surface area contributed by atoms with Crippen LogP contribution in [0.25, 0.3) is 0 Å². The van der Waals surface area contributed by atoms with Crippen molar-refractivity contribution in [3.05, 3.63) is 24.3 Å². The Balaban J connectivity index is 1.83. The third-order valence-electron chi connectivity index (χ3n) is 4.59. The Morgan fingerprint density at radius 3 is 2.44 bits per heavy atom. The van der Waals surface area contributed by atoms with Crippen LogP contribution in [-0.4, -0.2) is 81.0 Å². The van der Waals surface area contributed by atoms with Crippen LogP contribution in [0.15, 0.2) is 24.3 Å². The summed E-state index contributed by atoms with van der Waals surface area (Å²) < 4.78 is 4.90. The number of anilines is 2. The minimum atomic E-state index is -0.0978. The number of amides is 3. The summed E-state index contributed by atoms with van der Waals surface area (Å²) in [5.41, 5.74) is 1.46. The van der Waals surface area contributed by atoms with Crippen molar-refractivity contribution < 1.29 is 19.1 Å². The highest BCUT2D eigenvalue weighted by molar-refractivity contribution is 5.93. The van der Waals surface area contributed by atoms with Crippen LogP contribution in [-0.2, 0) is 19.1 Å². The number of hydrogen-bond donors (Lipinski definition) is 1. The summed E-state index contributed by atoms with van der Waals surface area (Å²) in [6.45, 7) is 4.59. The maximum Gasteiger partial charge on any atom is 0.248 e. The SMILES string of the molecule is COCC(=O)N1CCCN(CC(=O)Nc2ccc(N(C)C(C)=O)cc2)CC1. The summed E-state index contributed by atoms with van der Waals surface area (Å²) in [4.78, 5) is 41.0. The molecule has 1 N–H and O–H groups in total. The van der Waals surface area contributed by atoms with Gasteiger partial charge in [-0.3, -0.25) is 19.3 Å². The van der Waals surface area contributed by atoms with Crippen molar-refractivity contribution in [2.45, 2.75) is 13.3 Å². The van der Waals surface area contributed by atoms with Gasteiger partial charge >= 0.3 is 0 Å². The fourth-order valence-corrected chi connectivity index (χ4v) is 2.95. The smallest absolute Gasteiger partial charge is 0.248 e. The van der Waals surface area contributed by atoms with Crippen molar-refractivity contribution in [2.24, 2.45) is 0 Å². The number of ether oxygens (including phenoxy) is 1. The zero-order valence-corrected chi connectivity index (χ0v) is 16.2. The largest absolute Gasteiger partial charge is 0.375 e. The molecule has 0 unspecified atom stereocenters. The minimum Gasteiger partial charge on any atom is -0.375 e. The molecule has 0 atom stereocenters. The van der Waals surface area contributed by atoms with E-state index in [1.54, 1.807) is 41.1 Å². The van der Waals surface area contributed by atoms with Gasteiger partial charge in [-0.25, -0.2) is 0 Å². The Labute approximate surface area is 160 Å². The molecule has 1 aliphatic heterocycles. The number of carbonyl (C=O) groups is 3. The summed E-state index contributed by atoms with van der Waals surface area (Å²) >= 11 is 0. The number of methoxy groups -OCH3 is 1. The van der Waals surface area contributed by atoms with Crippen LogP contribution in [0, 0.1) is 0 Å². The Kier molecular flexibility index (Phi) is 7.75. The van der Waals surface area contributed by atoms with Gasteiger partial charge in [0.25, 0.3) is 0 Å². The number of rotatable bonds is 6. The average molecular weight is 376 g/mol. The maximum atomic E-state index is 12.3. The number of hydrogen-bond acceptors (Lipinski definition) is 5. The summed E-state index contributed by atoms with van der Waals surface area (Å²) in [5, 5.41) is 2.87. The molecular formula is C19H28N4O4. The van der Waals surface area contributed by atoms with E-state index in [-0.39, 0.29) is 30.9 Å². The van der Waals surface area contributed by atoms with Gasteiger partial charge in [-0.1, -0.05) is 0 Å². The monoisotopic (exact) mass is 376 g/mol. The first-order chi connectivity index (χ1) is 12.9. The highest BCUT2D eigenvalue weighted by Gasteiger charge is 2.20. The predicted octanol–water partition coefficient (Wildman–Crippen LogP) is 0.789. The van der Waals surface area contributed by atoms with Gasteiger partial charge in [0.1, 0.15) is 6.61 Å². The number of benzene rings is 1. The van der Waals surface area contributed by atoms with Crippen molar-refractivity contribution in [1.29, 1.82) is 0 Å². The van der Waals surface area contributed by atoms with Crippen LogP contribution in [0.1, 0.15) is 13.3 Å². The zero-order valence-electron chi connectivity index (χ0n) is 16.2. The zero-order chi connectivity index (χ0) is 19.8. The molecule has 0 radical (unpaired) electrons. The summed E-state index contributed by atoms with van der Waals surface area (Å²) in [6.07, 6.45) is 0.828. The fraction of sp³-hybridized carbons (Fsp3) is 0.526. The van der Waals surface area contributed by atoms with E-state index in [2.05, 4.69) is 5.32 Å². The van der Waals surface area contributed by atoms with Crippen LogP contribution in [0.5, 0.6) is 0 Å². The molecule has 1 aromatic carbocycles. The summed E-state index contributed by atoms with van der Waals surface area (Å²) in [6, 6.07) is 7.14. The minimum absolute atomic E-state index is 0.0144. The Hall–Kier alpha value is -2.45. The van der Waals surface area contributed by atoms with Gasteiger partial charge in [-0.15, -0.1) is 0 Å². The van der Waals surface area contributed by atoms with Crippen molar-refractivity contribution >= 4 is 29.1 Å². The first-order valence-electron chi connectivity index (χ1n) is 9.04. The second-order valence-corrected chi connectivity index (χ2v) is 6.62.